The Kier molecular flexibility index (Phi) is 6.09. The first kappa shape index (κ1) is 22.1. The van der Waals surface area contributed by atoms with E-state index in [0.29, 0.717) is 22.2 Å². The number of nitrogens with zero attached hydrogens (tertiary/aromatic N) is 1. The van der Waals surface area contributed by atoms with E-state index >= 15 is 0 Å². The molecule has 0 aliphatic heterocycles. The Morgan fingerprint density at radius 3 is 2.37 bits per heavy atom. The maximum atomic E-state index is 13.8. The molecule has 3 N–H and O–H groups in total. The number of carbonyl (C=O) groups excluding carboxylic acids is 1. The highest BCUT2D eigenvalue weighted by Gasteiger charge is 2.13. The average Bonchev–Trinajstić information content (AvgIpc) is 2.86. The van der Waals surface area contributed by atoms with Gasteiger partial charge in [0.15, 0.2) is 0 Å². The molecule has 1 amide bonds. The number of aromatic nitrogens is 1. The number of anilines is 5. The fourth-order valence-corrected chi connectivity index (χ4v) is 3.95. The monoisotopic (exact) mass is 462 g/mol. The third-order valence-corrected chi connectivity index (χ3v) is 5.73. The second-order valence-electron chi connectivity index (χ2n) is 8.15. The molecule has 0 radical (unpaired) electrons. The van der Waals surface area contributed by atoms with Crippen molar-refractivity contribution in [2.75, 3.05) is 16.0 Å². The van der Waals surface area contributed by atoms with Gasteiger partial charge in [-0.05, 0) is 79.2 Å². The minimum absolute atomic E-state index is 0.214. The van der Waals surface area contributed by atoms with Crippen molar-refractivity contribution in [3.05, 3.63) is 120 Å². The highest BCUT2D eigenvalue weighted by atomic mass is 19.1. The molecule has 0 unspecified atom stereocenters. The van der Waals surface area contributed by atoms with Crippen molar-refractivity contribution < 1.29 is 9.18 Å². The van der Waals surface area contributed by atoms with Crippen LogP contribution in [0.4, 0.5) is 32.8 Å². The van der Waals surface area contributed by atoms with E-state index in [1.807, 2.05) is 73.7 Å². The number of rotatable bonds is 6. The van der Waals surface area contributed by atoms with E-state index in [9.17, 15) is 9.18 Å². The maximum absolute atomic E-state index is 13.8. The van der Waals surface area contributed by atoms with Crippen molar-refractivity contribution in [2.45, 2.75) is 6.92 Å². The van der Waals surface area contributed by atoms with E-state index in [2.05, 4.69) is 20.9 Å². The highest BCUT2D eigenvalue weighted by Crippen LogP contribution is 2.29. The lowest BCUT2D eigenvalue weighted by Gasteiger charge is -2.15. The van der Waals surface area contributed by atoms with Gasteiger partial charge in [0.2, 0.25) is 0 Å². The summed E-state index contributed by atoms with van der Waals surface area (Å²) in [5.74, 6) is -0.545. The first-order valence-electron chi connectivity index (χ1n) is 11.2. The van der Waals surface area contributed by atoms with E-state index in [1.165, 1.54) is 12.1 Å². The van der Waals surface area contributed by atoms with Crippen molar-refractivity contribution in [3.63, 3.8) is 0 Å². The fourth-order valence-electron chi connectivity index (χ4n) is 3.95. The molecule has 0 aliphatic carbocycles. The van der Waals surface area contributed by atoms with Crippen LogP contribution in [0.25, 0.3) is 10.9 Å². The standard InChI is InChI=1S/C29H23FN4O/c1-19-24(29(35)33-23-10-5-9-22(18-23)32-21-7-3-2-4-8-21)11-6-12-26(19)34-28-15-16-31-27-14-13-20(30)17-25(27)28/h2-18,32H,1H3,(H,31,34)(H,33,35). The van der Waals surface area contributed by atoms with Crippen molar-refractivity contribution in [3.8, 4) is 0 Å². The Morgan fingerprint density at radius 2 is 1.51 bits per heavy atom. The molecule has 0 fully saturated rings. The molecular formula is C29H23FN4O. The van der Waals surface area contributed by atoms with Gasteiger partial charge in [0.25, 0.3) is 5.91 Å². The van der Waals surface area contributed by atoms with Gasteiger partial charge in [-0.25, -0.2) is 4.39 Å². The van der Waals surface area contributed by atoms with Crippen LogP contribution in [0.2, 0.25) is 0 Å². The summed E-state index contributed by atoms with van der Waals surface area (Å²) in [5, 5.41) is 10.3. The van der Waals surface area contributed by atoms with Crippen molar-refractivity contribution >= 4 is 45.2 Å². The van der Waals surface area contributed by atoms with Gasteiger partial charge in [0.1, 0.15) is 5.82 Å². The third kappa shape index (κ3) is 4.96. The molecule has 1 heterocycles. The molecule has 0 aliphatic rings. The zero-order valence-electron chi connectivity index (χ0n) is 19.0. The Labute approximate surface area is 202 Å². The lowest BCUT2D eigenvalue weighted by atomic mass is 10.0. The van der Waals surface area contributed by atoms with Crippen molar-refractivity contribution in [2.24, 2.45) is 0 Å². The van der Waals surface area contributed by atoms with Crippen LogP contribution < -0.4 is 16.0 Å². The van der Waals surface area contributed by atoms with E-state index in [0.717, 1.165) is 28.3 Å². The Morgan fingerprint density at radius 1 is 0.743 bits per heavy atom. The summed E-state index contributed by atoms with van der Waals surface area (Å²) in [4.78, 5) is 17.4. The number of halogens is 1. The van der Waals surface area contributed by atoms with Gasteiger partial charge in [-0.1, -0.05) is 30.3 Å². The second kappa shape index (κ2) is 9.65. The van der Waals surface area contributed by atoms with Gasteiger partial charge < -0.3 is 16.0 Å². The number of fused-ring (bicyclic) bond motifs is 1. The molecule has 35 heavy (non-hydrogen) atoms. The number of para-hydroxylation sites is 1. The summed E-state index contributed by atoms with van der Waals surface area (Å²) in [7, 11) is 0. The fraction of sp³-hybridized carbons (Fsp3) is 0.0345. The zero-order valence-corrected chi connectivity index (χ0v) is 19.0. The van der Waals surface area contributed by atoms with Crippen LogP contribution in [0.1, 0.15) is 15.9 Å². The largest absolute Gasteiger partial charge is 0.355 e. The highest BCUT2D eigenvalue weighted by molar-refractivity contribution is 6.06. The summed E-state index contributed by atoms with van der Waals surface area (Å²) in [5.41, 5.74) is 6.01. The molecule has 0 spiro atoms. The lowest BCUT2D eigenvalue weighted by Crippen LogP contribution is -2.14. The summed E-state index contributed by atoms with van der Waals surface area (Å²) >= 11 is 0. The molecule has 0 bridgehead atoms. The van der Waals surface area contributed by atoms with Crippen molar-refractivity contribution in [1.29, 1.82) is 0 Å². The number of hydrogen-bond acceptors (Lipinski definition) is 4. The average molecular weight is 463 g/mol. The Balaban J connectivity index is 1.37. The van der Waals surface area contributed by atoms with E-state index in [4.69, 9.17) is 0 Å². The smallest absolute Gasteiger partial charge is 0.256 e. The van der Waals surface area contributed by atoms with Crippen molar-refractivity contribution in [1.82, 2.24) is 4.98 Å². The van der Waals surface area contributed by atoms with Gasteiger partial charge in [-0.3, -0.25) is 9.78 Å². The molecule has 5 aromatic rings. The van der Waals surface area contributed by atoms with Gasteiger partial charge >= 0.3 is 0 Å². The van der Waals surface area contributed by atoms with E-state index < -0.39 is 0 Å². The molecule has 5 rings (SSSR count). The van der Waals surface area contributed by atoms with Gasteiger partial charge in [-0.2, -0.15) is 0 Å². The molecule has 0 atom stereocenters. The molecule has 6 heteroatoms. The van der Waals surface area contributed by atoms with Crippen LogP contribution in [0.15, 0.2) is 103 Å². The number of amides is 1. The van der Waals surface area contributed by atoms with Crippen LogP contribution in [0.5, 0.6) is 0 Å². The second-order valence-corrected chi connectivity index (χ2v) is 8.15. The van der Waals surface area contributed by atoms with Crippen LogP contribution >= 0.6 is 0 Å². The topological polar surface area (TPSA) is 66.0 Å². The number of pyridine rings is 1. The number of benzene rings is 4. The third-order valence-electron chi connectivity index (χ3n) is 5.73. The van der Waals surface area contributed by atoms with Crippen LogP contribution in [-0.4, -0.2) is 10.9 Å². The Hall–Kier alpha value is -4.71. The molecule has 5 nitrogen and oxygen atoms in total. The summed E-state index contributed by atoms with van der Waals surface area (Å²) in [6.07, 6.45) is 1.67. The minimum Gasteiger partial charge on any atom is -0.355 e. The molecule has 4 aromatic carbocycles. The summed E-state index contributed by atoms with van der Waals surface area (Å²) < 4.78 is 13.8. The SMILES string of the molecule is Cc1c(Nc2ccnc3ccc(F)cc23)cccc1C(=O)Nc1cccc(Nc2ccccc2)c1. The molecule has 0 saturated heterocycles. The maximum Gasteiger partial charge on any atom is 0.256 e. The molecular weight excluding hydrogens is 439 g/mol. The van der Waals surface area contributed by atoms with E-state index in [-0.39, 0.29) is 11.7 Å². The van der Waals surface area contributed by atoms with Crippen LogP contribution in [-0.2, 0) is 0 Å². The zero-order chi connectivity index (χ0) is 24.2. The van der Waals surface area contributed by atoms with Crippen LogP contribution in [0.3, 0.4) is 0 Å². The first-order valence-corrected chi connectivity index (χ1v) is 11.2. The number of hydrogen-bond donors (Lipinski definition) is 3. The minimum atomic E-state index is -0.331. The van der Waals surface area contributed by atoms with Crippen LogP contribution in [0, 0.1) is 12.7 Å². The van der Waals surface area contributed by atoms with Gasteiger partial charge in [0, 0.05) is 45.6 Å². The Bertz CT molecular complexity index is 1520. The number of carbonyl (C=O) groups is 1. The number of nitrogens with one attached hydrogen (secondary N) is 3. The van der Waals surface area contributed by atoms with E-state index in [1.54, 1.807) is 24.4 Å². The molecule has 1 aromatic heterocycles. The lowest BCUT2D eigenvalue weighted by molar-refractivity contribution is 0.102. The van der Waals surface area contributed by atoms with Gasteiger partial charge in [-0.15, -0.1) is 0 Å². The first-order chi connectivity index (χ1) is 17.1. The quantitative estimate of drug-likeness (QED) is 0.246. The molecule has 0 saturated carbocycles. The normalized spacial score (nSPS) is 10.7. The predicted octanol–water partition coefficient (Wildman–Crippen LogP) is 7.42. The van der Waals surface area contributed by atoms with Gasteiger partial charge in [0.05, 0.1) is 5.52 Å². The summed E-state index contributed by atoms with van der Waals surface area (Å²) in [6, 6.07) is 29.2. The predicted molar refractivity (Wildman–Crippen MR) is 140 cm³/mol. The molecule has 172 valence electrons. The summed E-state index contributed by atoms with van der Waals surface area (Å²) in [6.45, 7) is 1.88.